The lowest BCUT2D eigenvalue weighted by atomic mass is 10.0. The molecule has 0 saturated heterocycles. The third-order valence-electron chi connectivity index (χ3n) is 2.58. The zero-order valence-electron chi connectivity index (χ0n) is 10.6. The molecular weight excluding hydrogens is 274 g/mol. The molecule has 1 unspecified atom stereocenters. The average molecular weight is 294 g/mol. The summed E-state index contributed by atoms with van der Waals surface area (Å²) >= 11 is 3.51. The minimum Gasteiger partial charge on any atom is -0.313 e. The van der Waals surface area contributed by atoms with Crippen LogP contribution in [-0.2, 0) is 6.42 Å². The lowest BCUT2D eigenvalue weighted by molar-refractivity contribution is 0.517. The summed E-state index contributed by atoms with van der Waals surface area (Å²) in [7, 11) is 0. The number of nitrogens with one attached hydrogen (secondary N) is 1. The van der Waals surface area contributed by atoms with Gasteiger partial charge in [-0.2, -0.15) is 0 Å². The van der Waals surface area contributed by atoms with Gasteiger partial charge < -0.3 is 5.32 Å². The van der Waals surface area contributed by atoms with E-state index in [-0.39, 0.29) is 0 Å². The molecule has 1 aromatic rings. The van der Waals surface area contributed by atoms with Gasteiger partial charge in [0.25, 0.3) is 0 Å². The van der Waals surface area contributed by atoms with Crippen LogP contribution >= 0.6 is 15.9 Å². The van der Waals surface area contributed by atoms with Crippen LogP contribution in [0.2, 0.25) is 0 Å². The zero-order chi connectivity index (χ0) is 12.5. The highest BCUT2D eigenvalue weighted by Gasteiger charge is 2.07. The molecule has 0 aliphatic heterocycles. The fourth-order valence-corrected chi connectivity index (χ4v) is 2.19. The molecule has 1 N–H and O–H groups in total. The molecule has 1 aromatic carbocycles. The number of halogens is 1. The van der Waals surface area contributed by atoms with Gasteiger partial charge in [-0.15, -0.1) is 11.8 Å². The van der Waals surface area contributed by atoms with Crippen LogP contribution in [0.25, 0.3) is 0 Å². The molecule has 0 bridgehead atoms. The summed E-state index contributed by atoms with van der Waals surface area (Å²) in [5.74, 6) is 6.14. The Hall–Kier alpha value is -0.780. The smallest absolute Gasteiger partial charge is 0.0246 e. The van der Waals surface area contributed by atoms with Crippen molar-refractivity contribution in [3.63, 3.8) is 0 Å². The van der Waals surface area contributed by atoms with Crippen molar-refractivity contribution < 1.29 is 0 Å². The zero-order valence-corrected chi connectivity index (χ0v) is 12.2. The van der Waals surface area contributed by atoms with Crippen LogP contribution in [-0.4, -0.2) is 12.6 Å². The second kappa shape index (κ2) is 8.33. The van der Waals surface area contributed by atoms with E-state index >= 15 is 0 Å². The molecule has 0 heterocycles. The fourth-order valence-electron chi connectivity index (χ4n) is 1.74. The van der Waals surface area contributed by atoms with Crippen LogP contribution in [0.15, 0.2) is 28.7 Å². The van der Waals surface area contributed by atoms with E-state index in [2.05, 4.69) is 64.3 Å². The Morgan fingerprint density at radius 2 is 2.24 bits per heavy atom. The van der Waals surface area contributed by atoms with E-state index in [4.69, 9.17) is 0 Å². The summed E-state index contributed by atoms with van der Waals surface area (Å²) in [6, 6.07) is 8.95. The topological polar surface area (TPSA) is 12.0 Å². The second-order valence-electron chi connectivity index (χ2n) is 4.12. The minimum atomic E-state index is 0.455. The van der Waals surface area contributed by atoms with Crippen molar-refractivity contribution in [1.82, 2.24) is 5.32 Å². The van der Waals surface area contributed by atoms with Crippen molar-refractivity contribution in [3.8, 4) is 11.8 Å². The molecule has 0 aliphatic carbocycles. The van der Waals surface area contributed by atoms with Crippen LogP contribution in [0, 0.1) is 11.8 Å². The van der Waals surface area contributed by atoms with Crippen LogP contribution in [0.5, 0.6) is 0 Å². The van der Waals surface area contributed by atoms with Crippen molar-refractivity contribution in [3.05, 3.63) is 34.3 Å². The van der Waals surface area contributed by atoms with Crippen molar-refractivity contribution in [2.45, 2.75) is 39.2 Å². The summed E-state index contributed by atoms with van der Waals surface area (Å²) in [4.78, 5) is 0. The Bertz CT molecular complexity index is 389. The summed E-state index contributed by atoms with van der Waals surface area (Å²) in [5.41, 5.74) is 1.35. The molecule has 0 fully saturated rings. The summed E-state index contributed by atoms with van der Waals surface area (Å²) in [6.45, 7) is 5.15. The molecule has 0 aromatic heterocycles. The quantitative estimate of drug-likeness (QED) is 0.787. The predicted molar refractivity (Wildman–Crippen MR) is 78.0 cm³/mol. The predicted octanol–water partition coefficient (Wildman–Crippen LogP) is 3.77. The molecule has 0 saturated carbocycles. The first-order valence-corrected chi connectivity index (χ1v) is 6.93. The van der Waals surface area contributed by atoms with E-state index in [1.54, 1.807) is 0 Å². The van der Waals surface area contributed by atoms with Crippen LogP contribution in [0.3, 0.4) is 0 Å². The van der Waals surface area contributed by atoms with E-state index in [9.17, 15) is 0 Å². The third-order valence-corrected chi connectivity index (χ3v) is 3.07. The molecule has 0 aliphatic rings. The highest BCUT2D eigenvalue weighted by Crippen LogP contribution is 2.13. The fraction of sp³-hybridized carbons (Fsp3) is 0.467. The molecule has 0 radical (unpaired) electrons. The minimum absolute atomic E-state index is 0.455. The van der Waals surface area contributed by atoms with Crippen molar-refractivity contribution in [2.24, 2.45) is 0 Å². The largest absolute Gasteiger partial charge is 0.313 e. The maximum Gasteiger partial charge on any atom is 0.0246 e. The number of hydrogen-bond acceptors (Lipinski definition) is 1. The van der Waals surface area contributed by atoms with Crippen molar-refractivity contribution in [1.29, 1.82) is 0 Å². The Morgan fingerprint density at radius 3 is 2.88 bits per heavy atom. The molecule has 0 amide bonds. The Kier molecular flexibility index (Phi) is 7.00. The van der Waals surface area contributed by atoms with Gasteiger partial charge in [0.05, 0.1) is 0 Å². The van der Waals surface area contributed by atoms with Crippen LogP contribution < -0.4 is 5.32 Å². The van der Waals surface area contributed by atoms with Crippen LogP contribution in [0.4, 0.5) is 0 Å². The van der Waals surface area contributed by atoms with E-state index < -0.39 is 0 Å². The number of benzene rings is 1. The molecular formula is C15H20BrN. The van der Waals surface area contributed by atoms with Gasteiger partial charge in [0.1, 0.15) is 0 Å². The van der Waals surface area contributed by atoms with Gasteiger partial charge in [-0.25, -0.2) is 0 Å². The van der Waals surface area contributed by atoms with Gasteiger partial charge in [0, 0.05) is 16.9 Å². The average Bonchev–Trinajstić information content (AvgIpc) is 2.32. The van der Waals surface area contributed by atoms with E-state index in [1.807, 2.05) is 6.92 Å². The van der Waals surface area contributed by atoms with E-state index in [1.165, 1.54) is 5.56 Å². The SMILES string of the molecule is CC#CCC(Cc1cccc(Br)c1)NCCC. The number of hydrogen-bond donors (Lipinski definition) is 1. The van der Waals surface area contributed by atoms with Gasteiger partial charge in [0.2, 0.25) is 0 Å². The molecule has 17 heavy (non-hydrogen) atoms. The molecule has 0 spiro atoms. The molecule has 1 atom stereocenters. The van der Waals surface area contributed by atoms with Gasteiger partial charge >= 0.3 is 0 Å². The van der Waals surface area contributed by atoms with Crippen molar-refractivity contribution in [2.75, 3.05) is 6.54 Å². The summed E-state index contributed by atoms with van der Waals surface area (Å²) < 4.78 is 1.14. The third kappa shape index (κ3) is 5.91. The first-order chi connectivity index (χ1) is 8.26. The molecule has 1 rings (SSSR count). The lowest BCUT2D eigenvalue weighted by Gasteiger charge is -2.16. The highest BCUT2D eigenvalue weighted by molar-refractivity contribution is 9.10. The molecule has 2 heteroatoms. The first-order valence-electron chi connectivity index (χ1n) is 6.13. The maximum absolute atomic E-state index is 3.55. The van der Waals surface area contributed by atoms with Gasteiger partial charge in [-0.05, 0) is 44.0 Å². The summed E-state index contributed by atoms with van der Waals surface area (Å²) in [5, 5.41) is 3.55. The molecule has 1 nitrogen and oxygen atoms in total. The first kappa shape index (κ1) is 14.3. The highest BCUT2D eigenvalue weighted by atomic mass is 79.9. The number of rotatable bonds is 6. The summed E-state index contributed by atoms with van der Waals surface area (Å²) in [6.07, 6.45) is 3.12. The van der Waals surface area contributed by atoms with Crippen LogP contribution in [0.1, 0.15) is 32.3 Å². The van der Waals surface area contributed by atoms with Crippen molar-refractivity contribution >= 4 is 15.9 Å². The Labute approximate surface area is 113 Å². The Balaban J connectivity index is 2.59. The van der Waals surface area contributed by atoms with Gasteiger partial charge in [-0.1, -0.05) is 35.0 Å². The standard InChI is InChI=1S/C15H20BrN/c1-3-5-9-15(17-10-4-2)12-13-7-6-8-14(16)11-13/h6-8,11,15,17H,4,9-10,12H2,1-2H3. The lowest BCUT2D eigenvalue weighted by Crippen LogP contribution is -2.31. The van der Waals surface area contributed by atoms with E-state index in [0.29, 0.717) is 6.04 Å². The Morgan fingerprint density at radius 1 is 1.41 bits per heavy atom. The maximum atomic E-state index is 3.55. The monoisotopic (exact) mass is 293 g/mol. The normalized spacial score (nSPS) is 11.7. The van der Waals surface area contributed by atoms with Gasteiger partial charge in [0.15, 0.2) is 0 Å². The molecule has 92 valence electrons. The second-order valence-corrected chi connectivity index (χ2v) is 5.03. The van der Waals surface area contributed by atoms with Gasteiger partial charge in [-0.3, -0.25) is 0 Å². The van der Waals surface area contributed by atoms with E-state index in [0.717, 1.165) is 30.3 Å².